The van der Waals surface area contributed by atoms with Gasteiger partial charge in [-0.3, -0.25) is 0 Å². The van der Waals surface area contributed by atoms with E-state index in [0.29, 0.717) is 0 Å². The molecule has 0 saturated heterocycles. The summed E-state index contributed by atoms with van der Waals surface area (Å²) in [4.78, 5) is 2.35. The van der Waals surface area contributed by atoms with Crippen molar-refractivity contribution in [3.63, 3.8) is 0 Å². The van der Waals surface area contributed by atoms with E-state index < -0.39 is 0 Å². The molecule has 0 aliphatic carbocycles. The lowest BCUT2D eigenvalue weighted by molar-refractivity contribution is 1.28. The van der Waals surface area contributed by atoms with Crippen molar-refractivity contribution in [3.05, 3.63) is 200 Å². The van der Waals surface area contributed by atoms with Crippen LogP contribution in [0.3, 0.4) is 0 Å². The van der Waals surface area contributed by atoms with E-state index in [4.69, 9.17) is 0 Å². The van der Waals surface area contributed by atoms with E-state index in [9.17, 15) is 0 Å². The van der Waals surface area contributed by atoms with Crippen molar-refractivity contribution in [1.29, 1.82) is 0 Å². The van der Waals surface area contributed by atoms with Crippen molar-refractivity contribution in [2.45, 2.75) is 0 Å². The first-order valence-corrected chi connectivity index (χ1v) is 16.1. The van der Waals surface area contributed by atoms with Gasteiger partial charge in [0.2, 0.25) is 0 Å². The molecule has 1 nitrogen and oxygen atoms in total. The predicted octanol–water partition coefficient (Wildman–Crippen LogP) is 13.0. The number of anilines is 3. The van der Waals surface area contributed by atoms with Gasteiger partial charge in [-0.15, -0.1) is 0 Å². The largest absolute Gasteiger partial charge is 0.310 e. The lowest BCUT2D eigenvalue weighted by Gasteiger charge is -2.26. The number of hydrogen-bond acceptors (Lipinski definition) is 1. The maximum Gasteiger partial charge on any atom is 0.0467 e. The van der Waals surface area contributed by atoms with Gasteiger partial charge in [-0.2, -0.15) is 0 Å². The second-order valence-electron chi connectivity index (χ2n) is 11.8. The van der Waals surface area contributed by atoms with E-state index in [-0.39, 0.29) is 0 Å². The van der Waals surface area contributed by atoms with Crippen LogP contribution in [-0.2, 0) is 0 Å². The fourth-order valence-corrected chi connectivity index (χ4v) is 6.47. The van der Waals surface area contributed by atoms with Gasteiger partial charge in [-0.25, -0.2) is 0 Å². The van der Waals surface area contributed by atoms with Gasteiger partial charge in [0, 0.05) is 17.1 Å². The summed E-state index contributed by atoms with van der Waals surface area (Å²) in [6, 6.07) is 71.8. The molecule has 0 radical (unpaired) electrons. The molecule has 0 heterocycles. The van der Waals surface area contributed by atoms with E-state index in [2.05, 4.69) is 205 Å². The molecule has 0 spiro atoms. The molecule has 0 aliphatic rings. The Balaban J connectivity index is 1.21. The standard InChI is InChI=1S/C46H33N/c1-3-12-34(13-4-1)36-24-28-42(29-25-36)47(44-19-11-18-40(33-44)41-23-22-35-14-7-8-17-39(35)32-41)43-30-26-38(27-31-43)46-21-10-9-20-45(46)37-15-5-2-6-16-37/h1-33H. The van der Waals surface area contributed by atoms with Crippen molar-refractivity contribution in [2.75, 3.05) is 4.90 Å². The Hall–Kier alpha value is -6.18. The van der Waals surface area contributed by atoms with Crippen molar-refractivity contribution >= 4 is 27.8 Å². The summed E-state index contributed by atoms with van der Waals surface area (Å²) >= 11 is 0. The normalized spacial score (nSPS) is 11.0. The van der Waals surface area contributed by atoms with Crippen LogP contribution in [0.25, 0.3) is 55.3 Å². The molecule has 0 N–H and O–H groups in total. The summed E-state index contributed by atoms with van der Waals surface area (Å²) in [5.74, 6) is 0. The Labute approximate surface area is 276 Å². The number of rotatable bonds is 7. The van der Waals surface area contributed by atoms with Gasteiger partial charge in [0.05, 0.1) is 0 Å². The van der Waals surface area contributed by atoms with Crippen LogP contribution in [0.4, 0.5) is 17.1 Å². The first kappa shape index (κ1) is 28.3. The molecule has 0 bridgehead atoms. The zero-order valence-electron chi connectivity index (χ0n) is 26.0. The van der Waals surface area contributed by atoms with Crippen LogP contribution in [0, 0.1) is 0 Å². The first-order chi connectivity index (χ1) is 23.3. The molecule has 0 amide bonds. The molecule has 0 saturated carbocycles. The van der Waals surface area contributed by atoms with Gasteiger partial charge in [0.1, 0.15) is 0 Å². The molecule has 47 heavy (non-hydrogen) atoms. The number of hydrogen-bond donors (Lipinski definition) is 0. The summed E-state index contributed by atoms with van der Waals surface area (Å²) in [6.45, 7) is 0. The Kier molecular flexibility index (Phi) is 7.63. The molecular weight excluding hydrogens is 567 g/mol. The molecule has 0 atom stereocenters. The maximum atomic E-state index is 2.35. The zero-order valence-corrected chi connectivity index (χ0v) is 26.0. The molecule has 1 heteroatoms. The van der Waals surface area contributed by atoms with Crippen LogP contribution in [0.15, 0.2) is 200 Å². The number of fused-ring (bicyclic) bond motifs is 1. The maximum absolute atomic E-state index is 2.35. The van der Waals surface area contributed by atoms with Crippen LogP contribution < -0.4 is 4.90 Å². The quantitative estimate of drug-likeness (QED) is 0.176. The lowest BCUT2D eigenvalue weighted by atomic mass is 9.94. The van der Waals surface area contributed by atoms with Gasteiger partial charge < -0.3 is 4.90 Å². The van der Waals surface area contributed by atoms with Crippen LogP contribution in [0.2, 0.25) is 0 Å². The van der Waals surface area contributed by atoms with Gasteiger partial charge in [0.25, 0.3) is 0 Å². The SMILES string of the molecule is c1ccc(-c2ccc(N(c3ccc(-c4ccccc4-c4ccccc4)cc3)c3cccc(-c4ccc5ccccc5c4)c3)cc2)cc1. The summed E-state index contributed by atoms with van der Waals surface area (Å²) in [5.41, 5.74) is 13.0. The fraction of sp³-hybridized carbons (Fsp3) is 0. The highest BCUT2D eigenvalue weighted by atomic mass is 15.1. The van der Waals surface area contributed by atoms with Crippen molar-refractivity contribution in [1.82, 2.24) is 0 Å². The predicted molar refractivity (Wildman–Crippen MR) is 200 cm³/mol. The summed E-state index contributed by atoms with van der Waals surface area (Å²) in [7, 11) is 0. The average Bonchev–Trinajstić information content (AvgIpc) is 3.16. The molecule has 0 unspecified atom stereocenters. The second kappa shape index (κ2) is 12.7. The summed E-state index contributed by atoms with van der Waals surface area (Å²) in [5, 5.41) is 2.50. The number of nitrogens with zero attached hydrogens (tertiary/aromatic N) is 1. The van der Waals surface area contributed by atoms with E-state index in [1.54, 1.807) is 0 Å². The highest BCUT2D eigenvalue weighted by molar-refractivity contribution is 5.89. The summed E-state index contributed by atoms with van der Waals surface area (Å²) < 4.78 is 0. The highest BCUT2D eigenvalue weighted by Crippen LogP contribution is 2.39. The smallest absolute Gasteiger partial charge is 0.0467 e. The van der Waals surface area contributed by atoms with Crippen molar-refractivity contribution in [3.8, 4) is 44.5 Å². The van der Waals surface area contributed by atoms with Crippen molar-refractivity contribution < 1.29 is 0 Å². The minimum atomic E-state index is 1.11. The van der Waals surface area contributed by atoms with E-state index in [0.717, 1.165) is 17.1 Å². The van der Waals surface area contributed by atoms with Crippen LogP contribution in [-0.4, -0.2) is 0 Å². The van der Waals surface area contributed by atoms with E-state index in [1.807, 2.05) is 0 Å². The molecule has 8 aromatic carbocycles. The third-order valence-corrected chi connectivity index (χ3v) is 8.87. The monoisotopic (exact) mass is 599 g/mol. The third-order valence-electron chi connectivity index (χ3n) is 8.87. The van der Waals surface area contributed by atoms with Crippen molar-refractivity contribution in [2.24, 2.45) is 0 Å². The molecule has 8 rings (SSSR count). The zero-order chi connectivity index (χ0) is 31.4. The molecular formula is C46H33N. The lowest BCUT2D eigenvalue weighted by Crippen LogP contribution is -2.10. The number of benzene rings is 8. The van der Waals surface area contributed by atoms with Gasteiger partial charge in [-0.1, -0.05) is 158 Å². The van der Waals surface area contributed by atoms with E-state index >= 15 is 0 Å². The third kappa shape index (κ3) is 5.83. The average molecular weight is 600 g/mol. The summed E-state index contributed by atoms with van der Waals surface area (Å²) in [6.07, 6.45) is 0. The molecule has 0 aliphatic heterocycles. The second-order valence-corrected chi connectivity index (χ2v) is 11.8. The minimum Gasteiger partial charge on any atom is -0.310 e. The Bertz CT molecular complexity index is 2270. The molecule has 8 aromatic rings. The molecule has 222 valence electrons. The Morgan fingerprint density at radius 3 is 1.34 bits per heavy atom. The fourth-order valence-electron chi connectivity index (χ4n) is 6.47. The molecule has 0 aromatic heterocycles. The van der Waals surface area contributed by atoms with Gasteiger partial charge >= 0.3 is 0 Å². The van der Waals surface area contributed by atoms with Crippen LogP contribution >= 0.6 is 0 Å². The van der Waals surface area contributed by atoms with Crippen LogP contribution in [0.5, 0.6) is 0 Å². The molecule has 0 fully saturated rings. The van der Waals surface area contributed by atoms with Gasteiger partial charge in [0.15, 0.2) is 0 Å². The highest BCUT2D eigenvalue weighted by Gasteiger charge is 2.15. The minimum absolute atomic E-state index is 1.11. The van der Waals surface area contributed by atoms with E-state index in [1.165, 1.54) is 55.3 Å². The van der Waals surface area contributed by atoms with Crippen LogP contribution in [0.1, 0.15) is 0 Å². The first-order valence-electron chi connectivity index (χ1n) is 16.1. The Morgan fingerprint density at radius 1 is 0.234 bits per heavy atom. The Morgan fingerprint density at radius 2 is 0.681 bits per heavy atom. The van der Waals surface area contributed by atoms with Gasteiger partial charge in [-0.05, 0) is 97.7 Å². The topological polar surface area (TPSA) is 3.24 Å².